The van der Waals surface area contributed by atoms with Crippen LogP contribution >= 0.6 is 0 Å². The van der Waals surface area contributed by atoms with E-state index in [-0.39, 0.29) is 19.5 Å². The van der Waals surface area contributed by atoms with Crippen LogP contribution < -0.4 is 0 Å². The quantitative estimate of drug-likeness (QED) is 0.824. The third kappa shape index (κ3) is 6.82. The maximum Gasteiger partial charge on any atom is 0.335 e. The van der Waals surface area contributed by atoms with Gasteiger partial charge in [0.25, 0.3) is 0 Å². The van der Waals surface area contributed by atoms with Gasteiger partial charge in [-0.2, -0.15) is 0 Å². The van der Waals surface area contributed by atoms with Crippen molar-refractivity contribution in [3.8, 4) is 0 Å². The second-order valence-corrected chi connectivity index (χ2v) is 4.34. The summed E-state index contributed by atoms with van der Waals surface area (Å²) >= 11 is 0. The van der Waals surface area contributed by atoms with Gasteiger partial charge in [0.2, 0.25) is 0 Å². The molecule has 5 heteroatoms. The molecule has 0 radical (unpaired) electrons. The fourth-order valence-electron chi connectivity index (χ4n) is 1.39. The van der Waals surface area contributed by atoms with E-state index in [4.69, 9.17) is 10.2 Å². The number of hydrogen-bond acceptors (Lipinski definition) is 2. The van der Waals surface area contributed by atoms with Crippen molar-refractivity contribution in [3.63, 3.8) is 0 Å². The minimum absolute atomic E-state index is 0. The summed E-state index contributed by atoms with van der Waals surface area (Å²) in [5, 5.41) is 17.0. The molecule has 0 heterocycles. The van der Waals surface area contributed by atoms with Crippen LogP contribution in [0.15, 0.2) is 48.5 Å². The van der Waals surface area contributed by atoms with E-state index < -0.39 is 11.9 Å². The predicted molar refractivity (Wildman–Crippen MR) is 76.3 cm³/mol. The molecule has 0 atom stereocenters. The minimum atomic E-state index is -0.875. The molecule has 2 aromatic carbocycles. The summed E-state index contributed by atoms with van der Waals surface area (Å²) in [6, 6.07) is 13.5. The number of rotatable bonds is 2. The molecule has 0 fully saturated rings. The van der Waals surface area contributed by atoms with E-state index in [1.165, 1.54) is 0 Å². The first-order valence-electron chi connectivity index (χ1n) is 6.00. The topological polar surface area (TPSA) is 74.6 Å². The smallest absolute Gasteiger partial charge is 0.335 e. The Hall–Kier alpha value is -2.00. The Bertz CT molecular complexity index is 533. The number of carboxylic acid groups (broad SMARTS) is 2. The van der Waals surface area contributed by atoms with Gasteiger partial charge in [-0.1, -0.05) is 35.4 Å². The standard InChI is InChI=1S/2C8H8O2.Zn/c2*1-6-2-4-7(5-3-6)8(9)10;/h2*2-5H,1H3,(H,9,10);. The molecule has 0 unspecified atom stereocenters. The van der Waals surface area contributed by atoms with Crippen LogP contribution in [0.25, 0.3) is 0 Å². The van der Waals surface area contributed by atoms with Gasteiger partial charge in [0, 0.05) is 19.5 Å². The normalized spacial score (nSPS) is 8.86. The molecule has 106 valence electrons. The predicted octanol–water partition coefficient (Wildman–Crippen LogP) is 3.38. The van der Waals surface area contributed by atoms with Crippen LogP contribution in [0.5, 0.6) is 0 Å². The summed E-state index contributed by atoms with van der Waals surface area (Å²) < 4.78 is 0. The average Bonchev–Trinajstić information content (AvgIpc) is 2.40. The Kier molecular flexibility index (Phi) is 8.18. The zero-order valence-corrected chi connectivity index (χ0v) is 15.0. The van der Waals surface area contributed by atoms with Crippen LogP contribution in [0.4, 0.5) is 0 Å². The first-order chi connectivity index (χ1) is 9.40. The van der Waals surface area contributed by atoms with Gasteiger partial charge in [-0.3, -0.25) is 0 Å². The van der Waals surface area contributed by atoms with E-state index in [2.05, 4.69) is 0 Å². The molecule has 0 spiro atoms. The molecule has 2 N–H and O–H groups in total. The molecule has 0 aliphatic rings. The molecule has 0 bridgehead atoms. The Morgan fingerprint density at radius 3 is 1.10 bits per heavy atom. The van der Waals surface area contributed by atoms with Crippen LogP contribution in [-0.4, -0.2) is 22.2 Å². The van der Waals surface area contributed by atoms with E-state index in [9.17, 15) is 9.59 Å². The van der Waals surface area contributed by atoms with Crippen LogP contribution in [0.2, 0.25) is 0 Å². The molecule has 0 amide bonds. The Morgan fingerprint density at radius 2 is 0.905 bits per heavy atom. The monoisotopic (exact) mass is 336 g/mol. The molecular weight excluding hydrogens is 322 g/mol. The van der Waals surface area contributed by atoms with E-state index in [0.717, 1.165) is 11.1 Å². The number of carbonyl (C=O) groups is 2. The second kappa shape index (κ2) is 9.03. The molecule has 21 heavy (non-hydrogen) atoms. The fourth-order valence-corrected chi connectivity index (χ4v) is 1.39. The van der Waals surface area contributed by atoms with Gasteiger partial charge in [-0.25, -0.2) is 9.59 Å². The molecular formula is C16H16O4Zn. The number of benzene rings is 2. The molecule has 0 aromatic heterocycles. The van der Waals surface area contributed by atoms with Crippen LogP contribution in [0.1, 0.15) is 31.8 Å². The van der Waals surface area contributed by atoms with Crippen LogP contribution in [0.3, 0.4) is 0 Å². The van der Waals surface area contributed by atoms with Gasteiger partial charge < -0.3 is 10.2 Å². The summed E-state index contributed by atoms with van der Waals surface area (Å²) in [7, 11) is 0. The van der Waals surface area contributed by atoms with E-state index in [1.54, 1.807) is 48.5 Å². The summed E-state index contributed by atoms with van der Waals surface area (Å²) in [6.45, 7) is 3.84. The third-order valence-corrected chi connectivity index (χ3v) is 2.60. The molecule has 0 aliphatic carbocycles. The van der Waals surface area contributed by atoms with Crippen molar-refractivity contribution in [3.05, 3.63) is 70.8 Å². The number of aromatic carboxylic acids is 2. The second-order valence-electron chi connectivity index (χ2n) is 4.34. The third-order valence-electron chi connectivity index (χ3n) is 2.60. The first-order valence-corrected chi connectivity index (χ1v) is 6.00. The van der Waals surface area contributed by atoms with Crippen molar-refractivity contribution in [2.24, 2.45) is 0 Å². The maximum atomic E-state index is 10.3. The summed E-state index contributed by atoms with van der Waals surface area (Å²) in [4.78, 5) is 20.6. The zero-order chi connectivity index (χ0) is 15.1. The molecule has 0 saturated heterocycles. The molecule has 2 aromatic rings. The Morgan fingerprint density at radius 1 is 0.667 bits per heavy atom. The van der Waals surface area contributed by atoms with Crippen molar-refractivity contribution < 1.29 is 39.3 Å². The van der Waals surface area contributed by atoms with Crippen molar-refractivity contribution in [1.82, 2.24) is 0 Å². The van der Waals surface area contributed by atoms with Gasteiger partial charge in [-0.05, 0) is 38.1 Å². The summed E-state index contributed by atoms with van der Waals surface area (Å²) in [6.07, 6.45) is 0. The van der Waals surface area contributed by atoms with Gasteiger partial charge in [0.05, 0.1) is 11.1 Å². The largest absolute Gasteiger partial charge is 0.478 e. The summed E-state index contributed by atoms with van der Waals surface area (Å²) in [5.74, 6) is -1.75. The maximum absolute atomic E-state index is 10.3. The van der Waals surface area contributed by atoms with E-state index in [1.807, 2.05) is 13.8 Å². The molecule has 2 rings (SSSR count). The van der Waals surface area contributed by atoms with Gasteiger partial charge in [-0.15, -0.1) is 0 Å². The van der Waals surface area contributed by atoms with Crippen molar-refractivity contribution in [1.29, 1.82) is 0 Å². The Labute approximate surface area is 136 Å². The first kappa shape index (κ1) is 19.0. The zero-order valence-electron chi connectivity index (χ0n) is 12.0. The SMILES string of the molecule is Cc1ccc(C(=O)O)cc1.Cc1ccc(C(=O)O)cc1.[Zn]. The van der Waals surface area contributed by atoms with Crippen LogP contribution in [0, 0.1) is 13.8 Å². The molecule has 4 nitrogen and oxygen atoms in total. The fraction of sp³-hybridized carbons (Fsp3) is 0.125. The molecule has 0 aliphatic heterocycles. The van der Waals surface area contributed by atoms with Gasteiger partial charge in [0.1, 0.15) is 0 Å². The van der Waals surface area contributed by atoms with Gasteiger partial charge >= 0.3 is 11.9 Å². The summed E-state index contributed by atoms with van der Waals surface area (Å²) in [5.41, 5.74) is 2.83. The average molecular weight is 338 g/mol. The Balaban J connectivity index is 0.000000364. The van der Waals surface area contributed by atoms with Crippen molar-refractivity contribution in [2.45, 2.75) is 13.8 Å². The number of aryl methyl sites for hydroxylation is 2. The van der Waals surface area contributed by atoms with Crippen molar-refractivity contribution in [2.75, 3.05) is 0 Å². The van der Waals surface area contributed by atoms with Gasteiger partial charge in [0.15, 0.2) is 0 Å². The van der Waals surface area contributed by atoms with E-state index >= 15 is 0 Å². The van der Waals surface area contributed by atoms with Crippen molar-refractivity contribution >= 4 is 11.9 Å². The van der Waals surface area contributed by atoms with Crippen LogP contribution in [-0.2, 0) is 19.5 Å². The van der Waals surface area contributed by atoms with E-state index in [0.29, 0.717) is 11.1 Å². The number of carboxylic acids is 2. The number of hydrogen-bond donors (Lipinski definition) is 2. The minimum Gasteiger partial charge on any atom is -0.478 e. The molecule has 0 saturated carbocycles.